The summed E-state index contributed by atoms with van der Waals surface area (Å²) >= 11 is 0. The molecule has 6 nitrogen and oxygen atoms in total. The van der Waals surface area contributed by atoms with Gasteiger partial charge in [0.25, 0.3) is 5.91 Å². The number of amides is 1. The minimum Gasteiger partial charge on any atom is -0.491 e. The molecule has 158 valence electrons. The van der Waals surface area contributed by atoms with Gasteiger partial charge >= 0.3 is 6.36 Å². The summed E-state index contributed by atoms with van der Waals surface area (Å²) in [6.45, 7) is 0.571. The average molecular weight is 424 g/mol. The van der Waals surface area contributed by atoms with Gasteiger partial charge in [-0.15, -0.1) is 13.2 Å². The van der Waals surface area contributed by atoms with Crippen LogP contribution >= 0.6 is 0 Å². The number of pyridine rings is 1. The molecule has 3 aromatic rings. The molecule has 1 unspecified atom stereocenters. The van der Waals surface area contributed by atoms with E-state index in [0.717, 1.165) is 23.6 Å². The van der Waals surface area contributed by atoms with E-state index in [4.69, 9.17) is 9.15 Å². The number of nitrogens with zero attached hydrogens (tertiary/aromatic N) is 1. The van der Waals surface area contributed by atoms with E-state index >= 15 is 0 Å². The van der Waals surface area contributed by atoms with E-state index in [0.29, 0.717) is 18.8 Å². The highest BCUT2D eigenvalue weighted by molar-refractivity contribution is 5.91. The molecule has 2 aromatic heterocycles. The highest BCUT2D eigenvalue weighted by Gasteiger charge is 2.32. The summed E-state index contributed by atoms with van der Waals surface area (Å²) in [6.07, 6.45) is -0.969. The third-order valence-corrected chi connectivity index (χ3v) is 3.91. The molecular weight excluding hydrogens is 408 g/mol. The van der Waals surface area contributed by atoms with Gasteiger partial charge in [-0.1, -0.05) is 12.1 Å². The summed E-state index contributed by atoms with van der Waals surface area (Å²) < 4.78 is 61.0. The number of benzene rings is 1. The van der Waals surface area contributed by atoms with Gasteiger partial charge < -0.3 is 19.2 Å². The molecule has 30 heavy (non-hydrogen) atoms. The molecule has 1 aliphatic heterocycles. The maximum atomic E-state index is 12.5. The van der Waals surface area contributed by atoms with Gasteiger partial charge in [-0.2, -0.15) is 0 Å². The topological polar surface area (TPSA) is 73.6 Å². The summed E-state index contributed by atoms with van der Waals surface area (Å²) in [5.74, 6) is -1.05. The van der Waals surface area contributed by atoms with Gasteiger partial charge in [-0.05, 0) is 36.4 Å². The van der Waals surface area contributed by atoms with Gasteiger partial charge in [0.05, 0.1) is 18.9 Å². The number of aromatic nitrogens is 1. The van der Waals surface area contributed by atoms with Crippen LogP contribution in [0, 0.1) is 5.82 Å². The monoisotopic (exact) mass is 424 g/mol. The third-order valence-electron chi connectivity index (χ3n) is 3.91. The molecule has 0 saturated heterocycles. The lowest BCUT2D eigenvalue weighted by molar-refractivity contribution is -0.275. The number of nitrogens with one attached hydrogen (secondary N) is 1. The number of para-hydroxylation sites is 1. The largest absolute Gasteiger partial charge is 0.573 e. The summed E-state index contributed by atoms with van der Waals surface area (Å²) in [5, 5.41) is 2.90. The minimum absolute atomic E-state index is 0.132. The van der Waals surface area contributed by atoms with Crippen LogP contribution in [0.4, 0.5) is 17.6 Å². The van der Waals surface area contributed by atoms with Crippen LogP contribution in [-0.4, -0.2) is 23.9 Å². The Balaban J connectivity index is 0.000000187. The van der Waals surface area contributed by atoms with Crippen LogP contribution in [-0.2, 0) is 0 Å². The molecule has 1 atom stereocenters. The Hall–Kier alpha value is -3.56. The fourth-order valence-corrected chi connectivity index (χ4v) is 2.64. The highest BCUT2D eigenvalue weighted by Crippen LogP contribution is 2.29. The van der Waals surface area contributed by atoms with Gasteiger partial charge in [0.15, 0.2) is 17.3 Å². The number of rotatable bonds is 3. The SMILES string of the molecule is Fc1ccccc1OC(F)(F)F.O=C(NC1CCOc2cccnc21)c1ccco1. The lowest BCUT2D eigenvalue weighted by atomic mass is 10.1. The lowest BCUT2D eigenvalue weighted by Crippen LogP contribution is -2.32. The van der Waals surface area contributed by atoms with Crippen LogP contribution in [0.2, 0.25) is 0 Å². The maximum absolute atomic E-state index is 12.5. The Morgan fingerprint density at radius 2 is 1.93 bits per heavy atom. The van der Waals surface area contributed by atoms with Crippen LogP contribution in [0.1, 0.15) is 28.7 Å². The Kier molecular flexibility index (Phi) is 6.55. The molecule has 1 N–H and O–H groups in total. The van der Waals surface area contributed by atoms with E-state index in [9.17, 15) is 22.4 Å². The zero-order valence-electron chi connectivity index (χ0n) is 15.4. The summed E-state index contributed by atoms with van der Waals surface area (Å²) in [7, 11) is 0. The van der Waals surface area contributed by atoms with E-state index in [-0.39, 0.29) is 11.9 Å². The van der Waals surface area contributed by atoms with Gasteiger partial charge in [0.2, 0.25) is 0 Å². The van der Waals surface area contributed by atoms with E-state index in [2.05, 4.69) is 15.0 Å². The number of hydrogen-bond acceptors (Lipinski definition) is 5. The zero-order chi connectivity index (χ0) is 21.6. The first-order chi connectivity index (χ1) is 14.3. The molecule has 0 fully saturated rings. The number of carbonyl (C=O) groups excluding carboxylic acids is 1. The van der Waals surface area contributed by atoms with Gasteiger partial charge in [0.1, 0.15) is 11.4 Å². The van der Waals surface area contributed by atoms with Crippen molar-refractivity contribution in [2.24, 2.45) is 0 Å². The number of halogens is 4. The average Bonchev–Trinajstić information content (AvgIpc) is 3.25. The van der Waals surface area contributed by atoms with Crippen LogP contribution < -0.4 is 14.8 Å². The Bertz CT molecular complexity index is 977. The predicted octanol–water partition coefficient (Wildman–Crippen LogP) is 4.65. The number of carbonyl (C=O) groups is 1. The second-order valence-electron chi connectivity index (χ2n) is 6.01. The van der Waals surface area contributed by atoms with Crippen molar-refractivity contribution in [1.29, 1.82) is 0 Å². The minimum atomic E-state index is -4.85. The summed E-state index contributed by atoms with van der Waals surface area (Å²) in [5.41, 5.74) is 0.767. The second kappa shape index (κ2) is 9.29. The number of alkyl halides is 3. The van der Waals surface area contributed by atoms with Crippen molar-refractivity contribution in [3.8, 4) is 11.5 Å². The zero-order valence-corrected chi connectivity index (χ0v) is 15.4. The fourth-order valence-electron chi connectivity index (χ4n) is 2.64. The maximum Gasteiger partial charge on any atom is 0.573 e. The molecule has 1 aliphatic rings. The molecular formula is C20H16F4N2O4. The number of ether oxygens (including phenoxy) is 2. The number of furan rings is 1. The first kappa shape index (κ1) is 21.2. The fraction of sp³-hybridized carbons (Fsp3) is 0.200. The molecule has 4 rings (SSSR count). The van der Waals surface area contributed by atoms with Gasteiger partial charge in [-0.3, -0.25) is 9.78 Å². The van der Waals surface area contributed by atoms with Crippen LogP contribution in [0.5, 0.6) is 11.5 Å². The lowest BCUT2D eigenvalue weighted by Gasteiger charge is -2.25. The predicted molar refractivity (Wildman–Crippen MR) is 96.3 cm³/mol. The van der Waals surface area contributed by atoms with E-state index in [1.807, 2.05) is 12.1 Å². The van der Waals surface area contributed by atoms with Crippen LogP contribution in [0.3, 0.4) is 0 Å². The number of hydrogen-bond donors (Lipinski definition) is 1. The summed E-state index contributed by atoms with van der Waals surface area (Å²) in [4.78, 5) is 16.2. The van der Waals surface area contributed by atoms with Crippen molar-refractivity contribution < 1.29 is 36.2 Å². The van der Waals surface area contributed by atoms with E-state index in [1.54, 1.807) is 18.3 Å². The van der Waals surface area contributed by atoms with Crippen molar-refractivity contribution >= 4 is 5.91 Å². The van der Waals surface area contributed by atoms with Gasteiger partial charge in [-0.25, -0.2) is 4.39 Å². The van der Waals surface area contributed by atoms with Crippen molar-refractivity contribution in [3.63, 3.8) is 0 Å². The Morgan fingerprint density at radius 1 is 1.13 bits per heavy atom. The quantitative estimate of drug-likeness (QED) is 0.620. The molecule has 0 aliphatic carbocycles. The first-order valence-electron chi connectivity index (χ1n) is 8.76. The Morgan fingerprint density at radius 3 is 2.63 bits per heavy atom. The van der Waals surface area contributed by atoms with Crippen molar-refractivity contribution in [1.82, 2.24) is 10.3 Å². The van der Waals surface area contributed by atoms with Gasteiger partial charge in [0, 0.05) is 12.6 Å². The standard InChI is InChI=1S/C13H12N2O3.C7H4F4O/c16-13(11-4-2-7-17-11)15-9-5-8-18-10-3-1-6-14-12(9)10;8-5-3-1-2-4-6(5)12-7(9,10)11/h1-4,6-7,9H,5,8H2,(H,15,16);1-4H. The van der Waals surface area contributed by atoms with Crippen LogP contribution in [0.25, 0.3) is 0 Å². The molecule has 0 saturated carbocycles. The number of fused-ring (bicyclic) bond motifs is 1. The van der Waals surface area contributed by atoms with Crippen molar-refractivity contribution in [2.45, 2.75) is 18.8 Å². The second-order valence-corrected chi connectivity index (χ2v) is 6.01. The smallest absolute Gasteiger partial charge is 0.491 e. The van der Waals surface area contributed by atoms with Crippen LogP contribution in [0.15, 0.2) is 65.4 Å². The molecule has 1 aromatic carbocycles. The molecule has 0 spiro atoms. The molecule has 10 heteroatoms. The Labute approximate surface area is 168 Å². The first-order valence-corrected chi connectivity index (χ1v) is 8.76. The molecule has 0 bridgehead atoms. The third kappa shape index (κ3) is 5.72. The summed E-state index contributed by atoms with van der Waals surface area (Å²) in [6, 6.07) is 11.2. The van der Waals surface area contributed by atoms with E-state index < -0.39 is 17.9 Å². The highest BCUT2D eigenvalue weighted by atomic mass is 19.4. The van der Waals surface area contributed by atoms with Crippen molar-refractivity contribution in [3.05, 3.63) is 78.3 Å². The molecule has 0 radical (unpaired) electrons. The van der Waals surface area contributed by atoms with Crippen molar-refractivity contribution in [2.75, 3.05) is 6.61 Å². The normalized spacial score (nSPS) is 15.1. The molecule has 3 heterocycles. The molecule has 1 amide bonds. The van der Waals surface area contributed by atoms with E-state index in [1.165, 1.54) is 18.4 Å².